The number of nitrogens with zero attached hydrogens (tertiary/aromatic N) is 3. The van der Waals surface area contributed by atoms with E-state index in [-0.39, 0.29) is 10.8 Å². The van der Waals surface area contributed by atoms with Gasteiger partial charge >= 0.3 is 0 Å². The zero-order valence-electron chi connectivity index (χ0n) is 16.9. The molecule has 2 aromatic carbocycles. The summed E-state index contributed by atoms with van der Waals surface area (Å²) >= 11 is 6.25. The molecule has 0 saturated heterocycles. The van der Waals surface area contributed by atoms with Gasteiger partial charge in [0.05, 0.1) is 4.90 Å². The standard InChI is InChI=1S/C20H21BrN4O3S3/c1-3-25(4-2)31(27,28)17-11-7-15(8-12-17)18(26)22-19-23-24-20(30-19)29-13-14-5-9-16(21)10-6-14/h5-12H,3-4,13H2,1-2H3,(H,22,23,26). The van der Waals surface area contributed by atoms with Gasteiger partial charge in [-0.3, -0.25) is 10.1 Å². The first kappa shape index (κ1) is 23.9. The van der Waals surface area contributed by atoms with Crippen LogP contribution in [0.3, 0.4) is 0 Å². The van der Waals surface area contributed by atoms with Gasteiger partial charge in [0, 0.05) is 28.9 Å². The number of sulfonamides is 1. The monoisotopic (exact) mass is 540 g/mol. The molecule has 11 heteroatoms. The van der Waals surface area contributed by atoms with E-state index in [2.05, 4.69) is 31.4 Å². The number of benzene rings is 2. The number of rotatable bonds is 9. The Morgan fingerprint density at radius 2 is 1.71 bits per heavy atom. The van der Waals surface area contributed by atoms with Crippen LogP contribution in [0.4, 0.5) is 5.13 Å². The molecule has 0 atom stereocenters. The first-order valence-corrected chi connectivity index (χ1v) is 13.5. The summed E-state index contributed by atoms with van der Waals surface area (Å²) in [6.45, 7) is 4.35. The van der Waals surface area contributed by atoms with Gasteiger partial charge in [0.15, 0.2) is 4.34 Å². The number of hydrogen-bond acceptors (Lipinski definition) is 7. The normalized spacial score (nSPS) is 11.6. The molecule has 1 N–H and O–H groups in total. The van der Waals surface area contributed by atoms with Gasteiger partial charge in [0.25, 0.3) is 5.91 Å². The summed E-state index contributed by atoms with van der Waals surface area (Å²) in [5, 5.41) is 11.2. The van der Waals surface area contributed by atoms with Crippen LogP contribution in [0.25, 0.3) is 0 Å². The predicted octanol–water partition coefficient (Wildman–Crippen LogP) is 4.88. The third-order valence-corrected chi connectivity index (χ3v) is 9.00. The number of thioether (sulfide) groups is 1. The third-order valence-electron chi connectivity index (χ3n) is 4.36. The summed E-state index contributed by atoms with van der Waals surface area (Å²) in [4.78, 5) is 12.7. The molecule has 0 radical (unpaired) electrons. The van der Waals surface area contributed by atoms with Crippen LogP contribution in [0.5, 0.6) is 0 Å². The highest BCUT2D eigenvalue weighted by atomic mass is 79.9. The Labute approximate surface area is 198 Å². The van der Waals surface area contributed by atoms with E-state index >= 15 is 0 Å². The first-order valence-electron chi connectivity index (χ1n) is 9.45. The van der Waals surface area contributed by atoms with Crippen molar-refractivity contribution in [2.45, 2.75) is 28.8 Å². The molecule has 3 aromatic rings. The van der Waals surface area contributed by atoms with Crippen LogP contribution in [-0.2, 0) is 15.8 Å². The number of hydrogen-bond donors (Lipinski definition) is 1. The lowest BCUT2D eigenvalue weighted by Gasteiger charge is -2.18. The van der Waals surface area contributed by atoms with Gasteiger partial charge in [-0.15, -0.1) is 10.2 Å². The fourth-order valence-corrected chi connectivity index (χ4v) is 6.13. The Kier molecular flexibility index (Phi) is 8.23. The van der Waals surface area contributed by atoms with Crippen LogP contribution in [0, 0.1) is 0 Å². The molecule has 0 bridgehead atoms. The summed E-state index contributed by atoms with van der Waals surface area (Å²) < 4.78 is 28.3. The Bertz CT molecular complexity index is 1130. The minimum absolute atomic E-state index is 0.162. The van der Waals surface area contributed by atoms with Crippen LogP contribution in [0.2, 0.25) is 0 Å². The minimum Gasteiger partial charge on any atom is -0.296 e. The van der Waals surface area contributed by atoms with E-state index in [1.165, 1.54) is 39.9 Å². The summed E-state index contributed by atoms with van der Waals surface area (Å²) in [6.07, 6.45) is 0. The topological polar surface area (TPSA) is 92.3 Å². The fraction of sp³-hybridized carbons (Fsp3) is 0.250. The quantitative estimate of drug-likeness (QED) is 0.307. The molecular formula is C20H21BrN4O3S3. The lowest BCUT2D eigenvalue weighted by Crippen LogP contribution is -2.30. The maximum absolute atomic E-state index is 12.6. The summed E-state index contributed by atoms with van der Waals surface area (Å²) in [5.41, 5.74) is 1.51. The smallest absolute Gasteiger partial charge is 0.257 e. The van der Waals surface area contributed by atoms with Gasteiger partial charge in [0.2, 0.25) is 15.2 Å². The second-order valence-corrected chi connectivity index (χ2v) is 11.4. The van der Waals surface area contributed by atoms with Gasteiger partial charge in [-0.2, -0.15) is 4.31 Å². The number of aromatic nitrogens is 2. The molecule has 164 valence electrons. The Balaban J connectivity index is 1.61. The highest BCUT2D eigenvalue weighted by Gasteiger charge is 2.21. The first-order chi connectivity index (χ1) is 14.8. The molecular weight excluding hydrogens is 520 g/mol. The SMILES string of the molecule is CCN(CC)S(=O)(=O)c1ccc(C(=O)Nc2nnc(SCc3ccc(Br)cc3)s2)cc1. The lowest BCUT2D eigenvalue weighted by atomic mass is 10.2. The largest absolute Gasteiger partial charge is 0.296 e. The molecule has 7 nitrogen and oxygen atoms in total. The molecule has 1 heterocycles. The zero-order valence-corrected chi connectivity index (χ0v) is 20.9. The summed E-state index contributed by atoms with van der Waals surface area (Å²) in [7, 11) is -3.55. The second-order valence-electron chi connectivity index (χ2n) is 6.36. The number of halogens is 1. The highest BCUT2D eigenvalue weighted by molar-refractivity contribution is 9.10. The van der Waals surface area contributed by atoms with Crippen LogP contribution >= 0.6 is 39.0 Å². The molecule has 0 aliphatic heterocycles. The molecule has 31 heavy (non-hydrogen) atoms. The van der Waals surface area contributed by atoms with Crippen molar-refractivity contribution >= 4 is 60.1 Å². The number of carbonyl (C=O) groups excluding carboxylic acids is 1. The maximum atomic E-state index is 12.6. The van der Waals surface area contributed by atoms with Gasteiger partial charge in [0.1, 0.15) is 0 Å². The average molecular weight is 542 g/mol. The second kappa shape index (κ2) is 10.7. The molecule has 0 aliphatic carbocycles. The molecule has 1 amide bonds. The third kappa shape index (κ3) is 6.13. The zero-order chi connectivity index (χ0) is 22.4. The van der Waals surface area contributed by atoms with Crippen LogP contribution in [-0.4, -0.2) is 41.9 Å². The van der Waals surface area contributed by atoms with Crippen molar-refractivity contribution < 1.29 is 13.2 Å². The van der Waals surface area contributed by atoms with Crippen molar-refractivity contribution in [1.29, 1.82) is 0 Å². The van der Waals surface area contributed by atoms with Crippen molar-refractivity contribution in [2.24, 2.45) is 0 Å². The van der Waals surface area contributed by atoms with Crippen molar-refractivity contribution in [1.82, 2.24) is 14.5 Å². The minimum atomic E-state index is -3.55. The van der Waals surface area contributed by atoms with Crippen LogP contribution in [0.1, 0.15) is 29.8 Å². The highest BCUT2D eigenvalue weighted by Crippen LogP contribution is 2.29. The van der Waals surface area contributed by atoms with Crippen molar-refractivity contribution in [2.75, 3.05) is 18.4 Å². The number of nitrogens with one attached hydrogen (secondary N) is 1. The Morgan fingerprint density at radius 3 is 2.32 bits per heavy atom. The molecule has 0 unspecified atom stereocenters. The molecule has 0 fully saturated rings. The summed E-state index contributed by atoms with van der Waals surface area (Å²) in [5.74, 6) is 0.380. The van der Waals surface area contributed by atoms with Gasteiger partial charge < -0.3 is 0 Å². The van der Waals surface area contributed by atoms with E-state index in [9.17, 15) is 13.2 Å². The number of anilines is 1. The van der Waals surface area contributed by atoms with E-state index in [0.29, 0.717) is 23.8 Å². The van der Waals surface area contributed by atoms with E-state index in [4.69, 9.17) is 0 Å². The number of carbonyl (C=O) groups is 1. The summed E-state index contributed by atoms with van der Waals surface area (Å²) in [6, 6.07) is 13.9. The van der Waals surface area contributed by atoms with Crippen LogP contribution < -0.4 is 5.32 Å². The fourth-order valence-electron chi connectivity index (χ4n) is 2.70. The van der Waals surface area contributed by atoms with E-state index in [0.717, 1.165) is 20.1 Å². The maximum Gasteiger partial charge on any atom is 0.257 e. The van der Waals surface area contributed by atoms with Gasteiger partial charge in [-0.1, -0.05) is 65.0 Å². The Morgan fingerprint density at radius 1 is 1.06 bits per heavy atom. The molecule has 0 spiro atoms. The molecule has 3 rings (SSSR count). The molecule has 0 aliphatic rings. The average Bonchev–Trinajstić information content (AvgIpc) is 3.21. The van der Waals surface area contributed by atoms with Crippen molar-refractivity contribution in [3.05, 3.63) is 64.1 Å². The van der Waals surface area contributed by atoms with E-state index in [1.807, 2.05) is 24.3 Å². The lowest BCUT2D eigenvalue weighted by molar-refractivity contribution is 0.102. The predicted molar refractivity (Wildman–Crippen MR) is 128 cm³/mol. The number of amides is 1. The van der Waals surface area contributed by atoms with Gasteiger partial charge in [-0.25, -0.2) is 8.42 Å². The van der Waals surface area contributed by atoms with Crippen molar-refractivity contribution in [3.8, 4) is 0 Å². The molecule has 1 aromatic heterocycles. The van der Waals surface area contributed by atoms with E-state index in [1.54, 1.807) is 25.6 Å². The Hall–Kier alpha value is -1.79. The molecule has 0 saturated carbocycles. The van der Waals surface area contributed by atoms with Crippen molar-refractivity contribution in [3.63, 3.8) is 0 Å². The van der Waals surface area contributed by atoms with Gasteiger partial charge in [-0.05, 0) is 42.0 Å². The van der Waals surface area contributed by atoms with E-state index < -0.39 is 10.0 Å². The van der Waals surface area contributed by atoms with Crippen LogP contribution in [0.15, 0.2) is 62.2 Å².